The van der Waals surface area contributed by atoms with E-state index in [4.69, 9.17) is 4.74 Å². The van der Waals surface area contributed by atoms with E-state index in [0.717, 1.165) is 17.4 Å². The minimum atomic E-state index is -0.684. The molecule has 0 aliphatic heterocycles. The zero-order valence-electron chi connectivity index (χ0n) is 11.4. The van der Waals surface area contributed by atoms with E-state index in [1.54, 1.807) is 12.1 Å². The SMILES string of the molecule is CC(=O)Nc1cccc(NCC(O)COc2cnsn2)c1. The maximum atomic E-state index is 11.0. The summed E-state index contributed by atoms with van der Waals surface area (Å²) in [6.07, 6.45) is 0.818. The van der Waals surface area contributed by atoms with Gasteiger partial charge in [0.2, 0.25) is 11.8 Å². The smallest absolute Gasteiger partial charge is 0.245 e. The molecule has 0 aliphatic carbocycles. The summed E-state index contributed by atoms with van der Waals surface area (Å²) in [4.78, 5) is 11.0. The van der Waals surface area contributed by atoms with E-state index in [2.05, 4.69) is 19.4 Å². The molecule has 1 aromatic heterocycles. The van der Waals surface area contributed by atoms with Gasteiger partial charge in [0.05, 0.1) is 11.7 Å². The Morgan fingerprint density at radius 1 is 1.48 bits per heavy atom. The molecule has 0 saturated carbocycles. The summed E-state index contributed by atoms with van der Waals surface area (Å²) in [6, 6.07) is 7.25. The van der Waals surface area contributed by atoms with E-state index in [-0.39, 0.29) is 12.5 Å². The first-order chi connectivity index (χ1) is 10.1. The van der Waals surface area contributed by atoms with Crippen LogP contribution in [0, 0.1) is 0 Å². The van der Waals surface area contributed by atoms with Gasteiger partial charge >= 0.3 is 0 Å². The average molecular weight is 308 g/mol. The minimum absolute atomic E-state index is 0.127. The van der Waals surface area contributed by atoms with Crippen molar-refractivity contribution in [1.29, 1.82) is 0 Å². The van der Waals surface area contributed by atoms with Crippen LogP contribution in [-0.2, 0) is 4.79 Å². The number of aliphatic hydroxyl groups is 1. The summed E-state index contributed by atoms with van der Waals surface area (Å²) in [5, 5.41) is 15.6. The van der Waals surface area contributed by atoms with Crippen molar-refractivity contribution >= 4 is 29.0 Å². The van der Waals surface area contributed by atoms with E-state index in [9.17, 15) is 9.90 Å². The van der Waals surface area contributed by atoms with Crippen LogP contribution in [-0.4, -0.2) is 39.0 Å². The van der Waals surface area contributed by atoms with Crippen LogP contribution in [0.5, 0.6) is 5.88 Å². The van der Waals surface area contributed by atoms with E-state index >= 15 is 0 Å². The fraction of sp³-hybridized carbons (Fsp3) is 0.308. The van der Waals surface area contributed by atoms with E-state index in [1.807, 2.05) is 12.1 Å². The van der Waals surface area contributed by atoms with Gasteiger partial charge in [0.1, 0.15) is 18.9 Å². The first kappa shape index (κ1) is 15.2. The number of aromatic nitrogens is 2. The van der Waals surface area contributed by atoms with Crippen LogP contribution in [0.2, 0.25) is 0 Å². The maximum absolute atomic E-state index is 11.0. The van der Waals surface area contributed by atoms with E-state index < -0.39 is 6.10 Å². The lowest BCUT2D eigenvalue weighted by atomic mass is 10.2. The van der Waals surface area contributed by atoms with Gasteiger partial charge in [-0.3, -0.25) is 4.79 Å². The highest BCUT2D eigenvalue weighted by molar-refractivity contribution is 6.99. The highest BCUT2D eigenvalue weighted by Gasteiger charge is 2.07. The number of carbonyl (C=O) groups is 1. The molecule has 0 fully saturated rings. The summed E-state index contributed by atoms with van der Waals surface area (Å²) in [5.74, 6) is 0.282. The molecule has 1 heterocycles. The molecular weight excluding hydrogens is 292 g/mol. The molecule has 0 radical (unpaired) electrons. The van der Waals surface area contributed by atoms with Gasteiger partial charge in [-0.05, 0) is 18.2 Å². The van der Waals surface area contributed by atoms with Gasteiger partial charge < -0.3 is 20.5 Å². The molecule has 1 aromatic carbocycles. The third kappa shape index (κ3) is 5.36. The van der Waals surface area contributed by atoms with Crippen LogP contribution >= 0.6 is 11.7 Å². The predicted molar refractivity (Wildman–Crippen MR) is 80.6 cm³/mol. The Morgan fingerprint density at radius 3 is 3.00 bits per heavy atom. The Hall–Kier alpha value is -2.19. The van der Waals surface area contributed by atoms with Gasteiger partial charge in [0.25, 0.3) is 0 Å². The van der Waals surface area contributed by atoms with Crippen LogP contribution in [0.25, 0.3) is 0 Å². The number of anilines is 2. The van der Waals surface area contributed by atoms with Gasteiger partial charge in [0, 0.05) is 24.8 Å². The van der Waals surface area contributed by atoms with Crippen LogP contribution < -0.4 is 15.4 Å². The van der Waals surface area contributed by atoms with Crippen molar-refractivity contribution in [3.05, 3.63) is 30.5 Å². The first-order valence-corrected chi connectivity index (χ1v) is 7.06. The fourth-order valence-corrected chi connectivity index (χ4v) is 1.97. The Labute approximate surface area is 126 Å². The molecular formula is C13H16N4O3S. The summed E-state index contributed by atoms with van der Waals surface area (Å²) < 4.78 is 12.9. The van der Waals surface area contributed by atoms with Gasteiger partial charge in [-0.15, -0.1) is 4.37 Å². The molecule has 112 valence electrons. The molecule has 0 aliphatic rings. The highest BCUT2D eigenvalue weighted by atomic mass is 32.1. The summed E-state index contributed by atoms with van der Waals surface area (Å²) in [6.45, 7) is 1.90. The van der Waals surface area contributed by atoms with Crippen molar-refractivity contribution in [3.63, 3.8) is 0 Å². The standard InChI is InChI=1S/C13H16N4O3S/c1-9(18)16-11-4-2-3-10(5-11)14-6-12(19)8-20-13-7-15-21-17-13/h2-5,7,12,14,19H,6,8H2,1H3,(H,16,18). The number of carbonyl (C=O) groups excluding carboxylic acids is 1. The molecule has 2 rings (SSSR count). The molecule has 21 heavy (non-hydrogen) atoms. The lowest BCUT2D eigenvalue weighted by molar-refractivity contribution is -0.114. The zero-order valence-corrected chi connectivity index (χ0v) is 12.3. The topological polar surface area (TPSA) is 96.4 Å². The van der Waals surface area contributed by atoms with Crippen molar-refractivity contribution in [2.75, 3.05) is 23.8 Å². The van der Waals surface area contributed by atoms with Gasteiger partial charge in [-0.25, -0.2) is 0 Å². The molecule has 1 amide bonds. The molecule has 8 heteroatoms. The lowest BCUT2D eigenvalue weighted by Gasteiger charge is -2.13. The fourth-order valence-electron chi connectivity index (χ4n) is 1.61. The maximum Gasteiger partial charge on any atom is 0.245 e. The number of hydrogen-bond acceptors (Lipinski definition) is 7. The van der Waals surface area contributed by atoms with Crippen LogP contribution in [0.1, 0.15) is 6.92 Å². The average Bonchev–Trinajstić information content (AvgIpc) is 2.96. The van der Waals surface area contributed by atoms with Gasteiger partial charge in [-0.2, -0.15) is 4.37 Å². The van der Waals surface area contributed by atoms with Crippen molar-refractivity contribution in [1.82, 2.24) is 8.75 Å². The lowest BCUT2D eigenvalue weighted by Crippen LogP contribution is -2.26. The van der Waals surface area contributed by atoms with Crippen molar-refractivity contribution in [2.45, 2.75) is 13.0 Å². The minimum Gasteiger partial charge on any atom is -0.473 e. The number of rotatable bonds is 7. The molecule has 7 nitrogen and oxygen atoms in total. The number of nitrogens with zero attached hydrogens (tertiary/aromatic N) is 2. The number of benzene rings is 1. The number of aliphatic hydroxyl groups excluding tert-OH is 1. The first-order valence-electron chi connectivity index (χ1n) is 6.33. The van der Waals surface area contributed by atoms with Crippen LogP contribution in [0.3, 0.4) is 0 Å². The normalized spacial score (nSPS) is 11.7. The van der Waals surface area contributed by atoms with Crippen LogP contribution in [0.4, 0.5) is 11.4 Å². The molecule has 0 bridgehead atoms. The predicted octanol–water partition coefficient (Wildman–Crippen LogP) is 1.35. The highest BCUT2D eigenvalue weighted by Crippen LogP contribution is 2.15. The zero-order chi connectivity index (χ0) is 15.1. The Balaban J connectivity index is 1.77. The Kier molecular flexibility index (Phi) is 5.47. The number of amides is 1. The largest absolute Gasteiger partial charge is 0.473 e. The third-order valence-corrected chi connectivity index (χ3v) is 2.95. The summed E-state index contributed by atoms with van der Waals surface area (Å²) in [5.41, 5.74) is 1.50. The summed E-state index contributed by atoms with van der Waals surface area (Å²) >= 11 is 1.05. The second-order valence-electron chi connectivity index (χ2n) is 4.35. The van der Waals surface area contributed by atoms with Crippen LogP contribution in [0.15, 0.2) is 30.5 Å². The molecule has 3 N–H and O–H groups in total. The monoisotopic (exact) mass is 308 g/mol. The molecule has 0 spiro atoms. The molecule has 2 aromatic rings. The van der Waals surface area contributed by atoms with Crippen molar-refractivity contribution in [3.8, 4) is 5.88 Å². The summed E-state index contributed by atoms with van der Waals surface area (Å²) in [7, 11) is 0. The number of ether oxygens (including phenoxy) is 1. The second-order valence-corrected chi connectivity index (χ2v) is 4.91. The second kappa shape index (κ2) is 7.55. The van der Waals surface area contributed by atoms with Crippen molar-refractivity contribution in [2.24, 2.45) is 0 Å². The Morgan fingerprint density at radius 2 is 2.29 bits per heavy atom. The van der Waals surface area contributed by atoms with E-state index in [1.165, 1.54) is 13.1 Å². The quantitative estimate of drug-likeness (QED) is 0.714. The molecule has 1 unspecified atom stereocenters. The molecule has 1 atom stereocenters. The number of nitrogens with one attached hydrogen (secondary N) is 2. The molecule has 0 saturated heterocycles. The van der Waals surface area contributed by atoms with Crippen molar-refractivity contribution < 1.29 is 14.6 Å². The van der Waals surface area contributed by atoms with Gasteiger partial charge in [0.15, 0.2) is 0 Å². The van der Waals surface area contributed by atoms with E-state index in [0.29, 0.717) is 18.1 Å². The number of hydrogen-bond donors (Lipinski definition) is 3. The third-order valence-electron chi connectivity index (χ3n) is 2.49. The Bertz CT molecular complexity index is 577. The van der Waals surface area contributed by atoms with Gasteiger partial charge in [-0.1, -0.05) is 6.07 Å².